The molecule has 0 aliphatic heterocycles. The first-order valence-corrected chi connectivity index (χ1v) is 3.28. The Hall–Kier alpha value is -1.16. The summed E-state index contributed by atoms with van der Waals surface area (Å²) in [6.45, 7) is 2.11. The first-order valence-electron chi connectivity index (χ1n) is 3.28. The molecule has 0 aliphatic rings. The highest BCUT2D eigenvalue weighted by Crippen LogP contribution is 1.96. The van der Waals surface area contributed by atoms with Crippen molar-refractivity contribution in [2.24, 2.45) is 0 Å². The molecule has 11 heavy (non-hydrogen) atoms. The zero-order valence-electron chi connectivity index (χ0n) is 6.55. The van der Waals surface area contributed by atoms with Crippen LogP contribution in [0.2, 0.25) is 0 Å². The number of nitrogens with zero attached hydrogens (tertiary/aromatic N) is 1. The zero-order chi connectivity index (χ0) is 8.27. The minimum atomic E-state index is -0.105. The fourth-order valence-corrected chi connectivity index (χ4v) is 0.787. The van der Waals surface area contributed by atoms with Gasteiger partial charge in [-0.25, -0.2) is 4.98 Å². The SMILES string of the molecule is COCc1nc[nH]c(=O)c1C. The predicted octanol–water partition coefficient (Wildman–Crippen LogP) is 0.225. The molecule has 0 amide bonds. The van der Waals surface area contributed by atoms with Crippen LogP contribution in [0.1, 0.15) is 11.3 Å². The van der Waals surface area contributed by atoms with E-state index in [1.807, 2.05) is 0 Å². The fourth-order valence-electron chi connectivity index (χ4n) is 0.787. The Labute approximate surface area is 64.2 Å². The van der Waals surface area contributed by atoms with E-state index in [4.69, 9.17) is 4.74 Å². The van der Waals surface area contributed by atoms with Crippen molar-refractivity contribution in [2.45, 2.75) is 13.5 Å². The lowest BCUT2D eigenvalue weighted by atomic mass is 10.2. The lowest BCUT2D eigenvalue weighted by Crippen LogP contribution is -2.13. The topological polar surface area (TPSA) is 55.0 Å². The molecule has 0 unspecified atom stereocenters. The molecule has 60 valence electrons. The van der Waals surface area contributed by atoms with Crippen molar-refractivity contribution in [1.29, 1.82) is 0 Å². The van der Waals surface area contributed by atoms with Gasteiger partial charge in [0, 0.05) is 12.7 Å². The third kappa shape index (κ3) is 1.65. The van der Waals surface area contributed by atoms with Crippen LogP contribution in [0.15, 0.2) is 11.1 Å². The molecular weight excluding hydrogens is 144 g/mol. The van der Waals surface area contributed by atoms with E-state index in [1.165, 1.54) is 6.33 Å². The molecule has 0 radical (unpaired) electrons. The minimum absolute atomic E-state index is 0.105. The van der Waals surface area contributed by atoms with E-state index in [0.29, 0.717) is 17.9 Å². The minimum Gasteiger partial charge on any atom is -0.378 e. The highest BCUT2D eigenvalue weighted by Gasteiger charge is 2.00. The van der Waals surface area contributed by atoms with E-state index < -0.39 is 0 Å². The molecule has 0 aromatic carbocycles. The quantitative estimate of drug-likeness (QED) is 0.663. The van der Waals surface area contributed by atoms with Gasteiger partial charge in [0.25, 0.3) is 5.56 Å². The molecule has 0 atom stereocenters. The zero-order valence-corrected chi connectivity index (χ0v) is 6.55. The van der Waals surface area contributed by atoms with Gasteiger partial charge in [0.1, 0.15) is 0 Å². The number of nitrogens with one attached hydrogen (secondary N) is 1. The summed E-state index contributed by atoms with van der Waals surface area (Å²) in [5, 5.41) is 0. The molecule has 1 N–H and O–H groups in total. The summed E-state index contributed by atoms with van der Waals surface area (Å²) in [5.74, 6) is 0. The summed E-state index contributed by atoms with van der Waals surface area (Å²) in [7, 11) is 1.57. The van der Waals surface area contributed by atoms with Gasteiger partial charge in [0.2, 0.25) is 0 Å². The van der Waals surface area contributed by atoms with Crippen LogP contribution >= 0.6 is 0 Å². The highest BCUT2D eigenvalue weighted by molar-refractivity contribution is 5.12. The Balaban J connectivity index is 3.06. The maximum atomic E-state index is 11.0. The number of aromatic nitrogens is 2. The summed E-state index contributed by atoms with van der Waals surface area (Å²) in [6.07, 6.45) is 1.38. The van der Waals surface area contributed by atoms with Crippen LogP contribution in [0.4, 0.5) is 0 Å². The van der Waals surface area contributed by atoms with Crippen molar-refractivity contribution in [3.8, 4) is 0 Å². The Morgan fingerprint density at radius 3 is 3.09 bits per heavy atom. The number of hydrogen-bond donors (Lipinski definition) is 1. The standard InChI is InChI=1S/C7H10N2O2/c1-5-6(3-11-2)8-4-9-7(5)10/h4H,3H2,1-2H3,(H,8,9,10). The van der Waals surface area contributed by atoms with E-state index in [1.54, 1.807) is 14.0 Å². The van der Waals surface area contributed by atoms with Gasteiger partial charge in [0.05, 0.1) is 18.6 Å². The largest absolute Gasteiger partial charge is 0.378 e. The van der Waals surface area contributed by atoms with Gasteiger partial charge in [-0.1, -0.05) is 0 Å². The van der Waals surface area contributed by atoms with Gasteiger partial charge in [0.15, 0.2) is 0 Å². The van der Waals surface area contributed by atoms with Crippen LogP contribution in [0.25, 0.3) is 0 Å². The smallest absolute Gasteiger partial charge is 0.253 e. The Kier molecular flexibility index (Phi) is 2.38. The molecular formula is C7H10N2O2. The first-order chi connectivity index (χ1) is 5.25. The number of methoxy groups -OCH3 is 1. The molecule has 0 fully saturated rings. The van der Waals surface area contributed by atoms with Crippen molar-refractivity contribution in [3.63, 3.8) is 0 Å². The molecule has 4 heteroatoms. The van der Waals surface area contributed by atoms with E-state index >= 15 is 0 Å². The molecule has 1 rings (SSSR count). The number of aromatic amines is 1. The molecule has 1 heterocycles. The molecule has 0 saturated heterocycles. The van der Waals surface area contributed by atoms with Crippen LogP contribution in [0.5, 0.6) is 0 Å². The monoisotopic (exact) mass is 154 g/mol. The molecule has 1 aromatic heterocycles. The van der Waals surface area contributed by atoms with Crippen molar-refractivity contribution < 1.29 is 4.74 Å². The van der Waals surface area contributed by atoms with Crippen LogP contribution in [0, 0.1) is 6.92 Å². The average molecular weight is 154 g/mol. The number of hydrogen-bond acceptors (Lipinski definition) is 3. The van der Waals surface area contributed by atoms with Gasteiger partial charge in [-0.05, 0) is 6.92 Å². The number of H-pyrrole nitrogens is 1. The van der Waals surface area contributed by atoms with Gasteiger partial charge >= 0.3 is 0 Å². The molecule has 4 nitrogen and oxygen atoms in total. The summed E-state index contributed by atoms with van der Waals surface area (Å²) < 4.78 is 4.85. The predicted molar refractivity (Wildman–Crippen MR) is 40.3 cm³/mol. The summed E-state index contributed by atoms with van der Waals surface area (Å²) in [5.41, 5.74) is 1.21. The lowest BCUT2D eigenvalue weighted by molar-refractivity contribution is 0.180. The number of ether oxygens (including phenoxy) is 1. The van der Waals surface area contributed by atoms with E-state index in [0.717, 1.165) is 0 Å². The van der Waals surface area contributed by atoms with Gasteiger partial charge in [-0.2, -0.15) is 0 Å². The van der Waals surface area contributed by atoms with Crippen molar-refractivity contribution in [1.82, 2.24) is 9.97 Å². The van der Waals surface area contributed by atoms with Crippen LogP contribution in [0.3, 0.4) is 0 Å². The van der Waals surface area contributed by atoms with Crippen molar-refractivity contribution in [3.05, 3.63) is 27.9 Å². The van der Waals surface area contributed by atoms with E-state index in [2.05, 4.69) is 9.97 Å². The average Bonchev–Trinajstić information content (AvgIpc) is 1.99. The van der Waals surface area contributed by atoms with Gasteiger partial charge in [-0.15, -0.1) is 0 Å². The van der Waals surface area contributed by atoms with E-state index in [9.17, 15) is 4.79 Å². The molecule has 0 spiro atoms. The summed E-state index contributed by atoms with van der Waals surface area (Å²) in [4.78, 5) is 17.4. The third-order valence-electron chi connectivity index (χ3n) is 1.47. The Morgan fingerprint density at radius 1 is 1.73 bits per heavy atom. The molecule has 0 saturated carbocycles. The fraction of sp³-hybridized carbons (Fsp3) is 0.429. The maximum Gasteiger partial charge on any atom is 0.253 e. The highest BCUT2D eigenvalue weighted by atomic mass is 16.5. The first kappa shape index (κ1) is 7.94. The van der Waals surface area contributed by atoms with Gasteiger partial charge in [-0.3, -0.25) is 4.79 Å². The van der Waals surface area contributed by atoms with Crippen LogP contribution in [-0.4, -0.2) is 17.1 Å². The third-order valence-corrected chi connectivity index (χ3v) is 1.47. The second-order valence-electron chi connectivity index (χ2n) is 2.24. The van der Waals surface area contributed by atoms with Crippen molar-refractivity contribution >= 4 is 0 Å². The molecule has 1 aromatic rings. The molecule has 0 bridgehead atoms. The van der Waals surface area contributed by atoms with E-state index in [-0.39, 0.29) is 5.56 Å². The van der Waals surface area contributed by atoms with Crippen LogP contribution < -0.4 is 5.56 Å². The Morgan fingerprint density at radius 2 is 2.45 bits per heavy atom. The Bertz CT molecular complexity index is 293. The second-order valence-corrected chi connectivity index (χ2v) is 2.24. The maximum absolute atomic E-state index is 11.0. The number of rotatable bonds is 2. The normalized spacial score (nSPS) is 10.0. The summed E-state index contributed by atoms with van der Waals surface area (Å²) in [6, 6.07) is 0. The molecule has 0 aliphatic carbocycles. The van der Waals surface area contributed by atoms with Crippen molar-refractivity contribution in [2.75, 3.05) is 7.11 Å². The lowest BCUT2D eigenvalue weighted by Gasteiger charge is -1.99. The van der Waals surface area contributed by atoms with Gasteiger partial charge < -0.3 is 9.72 Å². The summed E-state index contributed by atoms with van der Waals surface area (Å²) >= 11 is 0. The van der Waals surface area contributed by atoms with Crippen LogP contribution in [-0.2, 0) is 11.3 Å². The second kappa shape index (κ2) is 3.30.